The summed E-state index contributed by atoms with van der Waals surface area (Å²) in [6.45, 7) is 1.53. The van der Waals surface area contributed by atoms with E-state index in [1.165, 1.54) is 26.0 Å². The Labute approximate surface area is 111 Å². The molecule has 1 aliphatic rings. The van der Waals surface area contributed by atoms with Gasteiger partial charge in [-0.25, -0.2) is 10.0 Å². The smallest absolute Gasteiger partial charge is 0.262 e. The van der Waals surface area contributed by atoms with Crippen molar-refractivity contribution in [2.45, 2.75) is 18.9 Å². The summed E-state index contributed by atoms with van der Waals surface area (Å²) in [5.74, 6) is -1.16. The van der Waals surface area contributed by atoms with Gasteiger partial charge in [-0.2, -0.15) is 21.0 Å². The molecule has 0 bridgehead atoms. The van der Waals surface area contributed by atoms with Crippen molar-refractivity contribution >= 4 is 5.91 Å². The molecule has 0 aromatic heterocycles. The molecule has 1 heterocycles. The van der Waals surface area contributed by atoms with E-state index >= 15 is 0 Å². The van der Waals surface area contributed by atoms with Gasteiger partial charge in [-0.1, -0.05) is 6.92 Å². The molecule has 1 amide bonds. The van der Waals surface area contributed by atoms with E-state index < -0.39 is 22.8 Å². The van der Waals surface area contributed by atoms with Gasteiger partial charge in [0.05, 0.1) is 12.1 Å². The fourth-order valence-corrected chi connectivity index (χ4v) is 2.44. The lowest BCUT2D eigenvalue weighted by Gasteiger charge is -2.49. The molecule has 7 nitrogen and oxygen atoms in total. The first-order chi connectivity index (χ1) is 8.86. The topological polar surface area (TPSA) is 119 Å². The first kappa shape index (κ1) is 14.5. The third-order valence-corrected chi connectivity index (χ3v) is 3.42. The summed E-state index contributed by atoms with van der Waals surface area (Å²) in [5, 5.41) is 39.7. The van der Waals surface area contributed by atoms with Crippen LogP contribution in [0.4, 0.5) is 0 Å². The van der Waals surface area contributed by atoms with Crippen molar-refractivity contribution in [1.29, 1.82) is 21.0 Å². The fourth-order valence-electron chi connectivity index (χ4n) is 2.44. The summed E-state index contributed by atoms with van der Waals surface area (Å²) < 4.78 is 0. The number of nitrogens with zero attached hydrogens (tertiary/aromatic N) is 6. The molecule has 0 aliphatic carbocycles. The number of carbonyl (C=O) groups excluding carboxylic acids is 1. The minimum atomic E-state index is -2.14. The summed E-state index contributed by atoms with van der Waals surface area (Å²) in [6.07, 6.45) is -0.0651. The van der Waals surface area contributed by atoms with Crippen LogP contribution in [-0.4, -0.2) is 35.6 Å². The van der Waals surface area contributed by atoms with Crippen LogP contribution in [0.25, 0.3) is 0 Å². The molecule has 96 valence electrons. The first-order valence-corrected chi connectivity index (χ1v) is 5.52. The Balaban J connectivity index is 3.72. The highest BCUT2D eigenvalue weighted by Crippen LogP contribution is 2.47. The average molecular weight is 256 g/mol. The second-order valence-electron chi connectivity index (χ2n) is 4.62. The van der Waals surface area contributed by atoms with E-state index in [2.05, 4.69) is 0 Å². The Hall–Kier alpha value is -2.61. The normalized spacial score (nSPS) is 23.9. The van der Waals surface area contributed by atoms with Crippen LogP contribution in [0.2, 0.25) is 0 Å². The minimum Gasteiger partial charge on any atom is -0.273 e. The number of nitriles is 4. The van der Waals surface area contributed by atoms with Gasteiger partial charge < -0.3 is 0 Å². The van der Waals surface area contributed by atoms with E-state index in [0.29, 0.717) is 0 Å². The van der Waals surface area contributed by atoms with Gasteiger partial charge in [0.25, 0.3) is 5.54 Å². The monoisotopic (exact) mass is 256 g/mol. The van der Waals surface area contributed by atoms with Gasteiger partial charge in [-0.3, -0.25) is 4.79 Å². The molecular formula is C12H12N6O. The molecular weight excluding hydrogens is 244 g/mol. The van der Waals surface area contributed by atoms with Crippen LogP contribution in [0.3, 0.4) is 0 Å². The van der Waals surface area contributed by atoms with E-state index in [1.807, 2.05) is 0 Å². The van der Waals surface area contributed by atoms with Crippen LogP contribution in [0.5, 0.6) is 0 Å². The predicted molar refractivity (Wildman–Crippen MR) is 61.9 cm³/mol. The number of hydrogen-bond donors (Lipinski definition) is 0. The molecule has 0 N–H and O–H groups in total. The number of hydrogen-bond acceptors (Lipinski definition) is 6. The lowest BCUT2D eigenvalue weighted by molar-refractivity contribution is -0.167. The molecule has 1 atom stereocenters. The number of piperidine rings is 1. The third kappa shape index (κ3) is 1.54. The maximum Gasteiger partial charge on any atom is 0.262 e. The maximum atomic E-state index is 12.1. The van der Waals surface area contributed by atoms with Gasteiger partial charge >= 0.3 is 0 Å². The molecule has 19 heavy (non-hydrogen) atoms. The highest BCUT2D eigenvalue weighted by atomic mass is 16.2. The molecule has 1 rings (SSSR count). The molecule has 0 aromatic carbocycles. The Bertz CT molecular complexity index is 539. The van der Waals surface area contributed by atoms with Gasteiger partial charge in [0, 0.05) is 26.4 Å². The summed E-state index contributed by atoms with van der Waals surface area (Å²) in [6, 6.07) is 7.00. The van der Waals surface area contributed by atoms with Crippen molar-refractivity contribution in [3.63, 3.8) is 0 Å². The second kappa shape index (κ2) is 4.58. The SMILES string of the molecule is C[C@H]1CC(=O)N(N(C)C)C(C#N)(C#N)C1(C#N)C#N. The van der Waals surface area contributed by atoms with Crippen molar-refractivity contribution in [1.82, 2.24) is 10.0 Å². The molecule has 0 spiro atoms. The van der Waals surface area contributed by atoms with Gasteiger partial charge in [0.15, 0.2) is 5.41 Å². The standard InChI is InChI=1S/C12H12N6O/c1-9-4-10(19)18(17(2)3)12(7-15,8-16)11(9,5-13)6-14/h9H,4H2,1-3H3/t9-/m0/s1. The molecule has 1 fully saturated rings. The zero-order valence-electron chi connectivity index (χ0n) is 10.9. The van der Waals surface area contributed by atoms with Crippen LogP contribution >= 0.6 is 0 Å². The van der Waals surface area contributed by atoms with Crippen LogP contribution in [0.15, 0.2) is 0 Å². The number of hydrazine groups is 1. The Morgan fingerprint density at radius 3 is 1.95 bits per heavy atom. The van der Waals surface area contributed by atoms with Crippen molar-refractivity contribution in [2.75, 3.05) is 14.1 Å². The Kier molecular flexibility index (Phi) is 3.48. The van der Waals surface area contributed by atoms with Crippen LogP contribution in [0.1, 0.15) is 13.3 Å². The highest BCUT2D eigenvalue weighted by molar-refractivity contribution is 5.81. The molecule has 1 aliphatic heterocycles. The predicted octanol–water partition coefficient (Wildman–Crippen LogP) is 0.151. The van der Waals surface area contributed by atoms with E-state index in [9.17, 15) is 25.8 Å². The highest BCUT2D eigenvalue weighted by Gasteiger charge is 2.66. The van der Waals surface area contributed by atoms with Crippen LogP contribution in [-0.2, 0) is 4.79 Å². The van der Waals surface area contributed by atoms with E-state index in [1.54, 1.807) is 24.3 Å². The number of amides is 1. The first-order valence-electron chi connectivity index (χ1n) is 5.52. The van der Waals surface area contributed by atoms with Crippen LogP contribution < -0.4 is 0 Å². The molecule has 7 heteroatoms. The molecule has 0 unspecified atom stereocenters. The van der Waals surface area contributed by atoms with E-state index in [0.717, 1.165) is 5.01 Å². The quantitative estimate of drug-likeness (QED) is 0.658. The fraction of sp³-hybridized carbons (Fsp3) is 0.583. The van der Waals surface area contributed by atoms with Crippen molar-refractivity contribution in [2.24, 2.45) is 11.3 Å². The van der Waals surface area contributed by atoms with Crippen molar-refractivity contribution in [3.05, 3.63) is 0 Å². The van der Waals surface area contributed by atoms with Gasteiger partial charge in [-0.05, 0) is 0 Å². The minimum absolute atomic E-state index is 0.0651. The van der Waals surface area contributed by atoms with Gasteiger partial charge in [-0.15, -0.1) is 0 Å². The Morgan fingerprint density at radius 1 is 1.16 bits per heavy atom. The van der Waals surface area contributed by atoms with Crippen LogP contribution in [0, 0.1) is 56.7 Å². The largest absolute Gasteiger partial charge is 0.273 e. The summed E-state index contributed by atoms with van der Waals surface area (Å²) in [4.78, 5) is 12.1. The lowest BCUT2D eigenvalue weighted by atomic mass is 9.61. The molecule has 1 saturated heterocycles. The molecule has 0 saturated carbocycles. The summed E-state index contributed by atoms with van der Waals surface area (Å²) in [7, 11) is 2.97. The number of carbonyl (C=O) groups is 1. The Morgan fingerprint density at radius 2 is 1.63 bits per heavy atom. The molecule has 0 radical (unpaired) electrons. The average Bonchev–Trinajstić information content (AvgIpc) is 2.37. The van der Waals surface area contributed by atoms with Gasteiger partial charge in [0.2, 0.25) is 5.91 Å². The zero-order chi connectivity index (χ0) is 14.8. The second-order valence-corrected chi connectivity index (χ2v) is 4.62. The lowest BCUT2D eigenvalue weighted by Crippen LogP contribution is -2.69. The molecule has 0 aromatic rings. The summed E-state index contributed by atoms with van der Waals surface area (Å²) >= 11 is 0. The van der Waals surface area contributed by atoms with E-state index in [4.69, 9.17) is 0 Å². The zero-order valence-corrected chi connectivity index (χ0v) is 10.9. The maximum absolute atomic E-state index is 12.1. The van der Waals surface area contributed by atoms with Gasteiger partial charge in [0.1, 0.15) is 12.1 Å². The van der Waals surface area contributed by atoms with Crippen molar-refractivity contribution < 1.29 is 4.79 Å². The van der Waals surface area contributed by atoms with Crippen molar-refractivity contribution in [3.8, 4) is 24.3 Å². The number of rotatable bonds is 1. The third-order valence-electron chi connectivity index (χ3n) is 3.42. The summed E-state index contributed by atoms with van der Waals surface area (Å²) in [5.41, 5.74) is -4.02. The van der Waals surface area contributed by atoms with E-state index in [-0.39, 0.29) is 6.42 Å².